The first-order valence-electron chi connectivity index (χ1n) is 8.72. The first-order valence-corrected chi connectivity index (χ1v) is 9.10. The highest BCUT2D eigenvalue weighted by Gasteiger charge is 2.14. The summed E-state index contributed by atoms with van der Waals surface area (Å²) in [7, 11) is 0. The lowest BCUT2D eigenvalue weighted by molar-refractivity contribution is 0.0696. The lowest BCUT2D eigenvalue weighted by atomic mass is 9.97. The lowest BCUT2D eigenvalue weighted by Gasteiger charge is -2.13. The van der Waals surface area contributed by atoms with Crippen molar-refractivity contribution < 1.29 is 14.6 Å². The fourth-order valence-corrected chi connectivity index (χ4v) is 3.44. The maximum absolute atomic E-state index is 11.0. The molecule has 0 aromatic carbocycles. The number of hydrogen-bond donors (Lipinski definition) is 1. The zero-order valence-electron chi connectivity index (χ0n) is 14.0. The standard InChI is InChI=1S/C18H22ClN3O3/c19-17-14(18(23)24)7-8-15(20-17)22-11-9-16(21-22)25-12-10-13-5-3-1-2-4-6-13/h7-9,11,13H,1-6,10,12H2,(H,23,24). The van der Waals surface area contributed by atoms with Crippen LogP contribution in [0.25, 0.3) is 5.82 Å². The minimum absolute atomic E-state index is 0.0301. The Bertz CT molecular complexity index is 724. The van der Waals surface area contributed by atoms with Gasteiger partial charge in [-0.05, 0) is 24.5 Å². The van der Waals surface area contributed by atoms with Crippen molar-refractivity contribution in [3.63, 3.8) is 0 Å². The number of pyridine rings is 1. The van der Waals surface area contributed by atoms with Gasteiger partial charge in [0.2, 0.25) is 5.88 Å². The van der Waals surface area contributed by atoms with Gasteiger partial charge in [0.15, 0.2) is 5.82 Å². The summed E-state index contributed by atoms with van der Waals surface area (Å²) in [6.45, 7) is 0.661. The van der Waals surface area contributed by atoms with E-state index in [4.69, 9.17) is 21.4 Å². The molecule has 0 spiro atoms. The Kier molecular flexibility index (Phi) is 5.91. The summed E-state index contributed by atoms with van der Waals surface area (Å²) in [6, 6.07) is 4.76. The molecule has 1 aliphatic rings. The number of aromatic nitrogens is 3. The molecule has 25 heavy (non-hydrogen) atoms. The summed E-state index contributed by atoms with van der Waals surface area (Å²) in [5.41, 5.74) is -0.0301. The molecule has 1 saturated carbocycles. The topological polar surface area (TPSA) is 77.2 Å². The Labute approximate surface area is 151 Å². The molecule has 0 aliphatic heterocycles. The molecular weight excluding hydrogens is 342 g/mol. The predicted molar refractivity (Wildman–Crippen MR) is 94.6 cm³/mol. The molecule has 0 radical (unpaired) electrons. The van der Waals surface area contributed by atoms with Gasteiger partial charge < -0.3 is 9.84 Å². The number of carboxylic acids is 1. The van der Waals surface area contributed by atoms with Crippen LogP contribution in [0.5, 0.6) is 5.88 Å². The maximum Gasteiger partial charge on any atom is 0.338 e. The summed E-state index contributed by atoms with van der Waals surface area (Å²) in [5, 5.41) is 13.3. The van der Waals surface area contributed by atoms with E-state index in [1.54, 1.807) is 18.3 Å². The normalized spacial score (nSPS) is 15.7. The second-order valence-corrected chi connectivity index (χ2v) is 6.76. The van der Waals surface area contributed by atoms with E-state index in [1.807, 2.05) is 0 Å². The number of aromatic carboxylic acids is 1. The highest BCUT2D eigenvalue weighted by Crippen LogP contribution is 2.25. The van der Waals surface area contributed by atoms with Gasteiger partial charge in [0.05, 0.1) is 12.2 Å². The van der Waals surface area contributed by atoms with Gasteiger partial charge in [0.1, 0.15) is 5.15 Å². The second kappa shape index (κ2) is 8.34. The van der Waals surface area contributed by atoms with Crippen LogP contribution in [0.3, 0.4) is 0 Å². The van der Waals surface area contributed by atoms with Crippen molar-refractivity contribution in [3.8, 4) is 11.7 Å². The third-order valence-corrected chi connectivity index (χ3v) is 4.90. The molecular formula is C18H22ClN3O3. The third kappa shape index (κ3) is 4.72. The summed E-state index contributed by atoms with van der Waals surface area (Å²) >= 11 is 5.90. The number of carbonyl (C=O) groups is 1. The average Bonchev–Trinajstić information content (AvgIpc) is 2.90. The van der Waals surface area contributed by atoms with E-state index in [0.717, 1.165) is 12.3 Å². The fraction of sp³-hybridized carbons (Fsp3) is 0.500. The van der Waals surface area contributed by atoms with Gasteiger partial charge in [-0.25, -0.2) is 14.5 Å². The van der Waals surface area contributed by atoms with Crippen LogP contribution in [-0.4, -0.2) is 32.4 Å². The number of carboxylic acid groups (broad SMARTS) is 1. The molecule has 2 heterocycles. The smallest absolute Gasteiger partial charge is 0.338 e. The van der Waals surface area contributed by atoms with Gasteiger partial charge in [-0.1, -0.05) is 50.1 Å². The highest BCUT2D eigenvalue weighted by atomic mass is 35.5. The van der Waals surface area contributed by atoms with E-state index in [9.17, 15) is 4.79 Å². The number of rotatable bonds is 6. The van der Waals surface area contributed by atoms with Gasteiger partial charge in [-0.2, -0.15) is 0 Å². The monoisotopic (exact) mass is 363 g/mol. The first kappa shape index (κ1) is 17.7. The summed E-state index contributed by atoms with van der Waals surface area (Å²) in [6.07, 6.45) is 10.8. The Morgan fingerprint density at radius 3 is 2.68 bits per heavy atom. The molecule has 134 valence electrons. The van der Waals surface area contributed by atoms with E-state index in [2.05, 4.69) is 10.1 Å². The zero-order chi connectivity index (χ0) is 17.6. The van der Waals surface area contributed by atoms with Crippen molar-refractivity contribution in [1.29, 1.82) is 0 Å². The Morgan fingerprint density at radius 2 is 2.00 bits per heavy atom. The molecule has 1 N–H and O–H groups in total. The number of hydrogen-bond acceptors (Lipinski definition) is 4. The molecule has 6 nitrogen and oxygen atoms in total. The fourth-order valence-electron chi connectivity index (χ4n) is 3.21. The lowest BCUT2D eigenvalue weighted by Crippen LogP contribution is -2.07. The van der Waals surface area contributed by atoms with E-state index in [-0.39, 0.29) is 10.7 Å². The Hall–Kier alpha value is -2.08. The molecule has 1 aliphatic carbocycles. The summed E-state index contributed by atoms with van der Waals surface area (Å²) in [4.78, 5) is 15.0. The van der Waals surface area contributed by atoms with Crippen LogP contribution in [0.15, 0.2) is 24.4 Å². The molecule has 0 atom stereocenters. The van der Waals surface area contributed by atoms with Gasteiger partial charge in [-0.15, -0.1) is 5.10 Å². The largest absolute Gasteiger partial charge is 0.478 e. The Balaban J connectivity index is 1.57. The van der Waals surface area contributed by atoms with Crippen molar-refractivity contribution >= 4 is 17.6 Å². The van der Waals surface area contributed by atoms with E-state index >= 15 is 0 Å². The van der Waals surface area contributed by atoms with Crippen molar-refractivity contribution in [1.82, 2.24) is 14.8 Å². The van der Waals surface area contributed by atoms with E-state index < -0.39 is 5.97 Å². The van der Waals surface area contributed by atoms with Crippen molar-refractivity contribution in [2.45, 2.75) is 44.9 Å². The van der Waals surface area contributed by atoms with Crippen molar-refractivity contribution in [2.24, 2.45) is 5.92 Å². The molecule has 3 rings (SSSR count). The van der Waals surface area contributed by atoms with Gasteiger partial charge in [0, 0.05) is 12.3 Å². The first-order chi connectivity index (χ1) is 12.1. The second-order valence-electron chi connectivity index (χ2n) is 6.41. The number of halogens is 1. The molecule has 0 amide bonds. The van der Waals surface area contributed by atoms with Gasteiger partial charge in [-0.3, -0.25) is 0 Å². The minimum atomic E-state index is -1.10. The Morgan fingerprint density at radius 1 is 1.24 bits per heavy atom. The molecule has 0 unspecified atom stereocenters. The summed E-state index contributed by atoms with van der Waals surface area (Å²) in [5.74, 6) is 0.642. The molecule has 7 heteroatoms. The highest BCUT2D eigenvalue weighted by molar-refractivity contribution is 6.32. The van der Waals surface area contributed by atoms with Crippen LogP contribution in [0.4, 0.5) is 0 Å². The van der Waals surface area contributed by atoms with Crippen LogP contribution in [0, 0.1) is 5.92 Å². The molecule has 1 fully saturated rings. The number of nitrogens with zero attached hydrogens (tertiary/aromatic N) is 3. The zero-order valence-corrected chi connectivity index (χ0v) is 14.8. The minimum Gasteiger partial charge on any atom is -0.478 e. The van der Waals surface area contributed by atoms with Gasteiger partial charge >= 0.3 is 5.97 Å². The SMILES string of the molecule is O=C(O)c1ccc(-n2ccc(OCCC3CCCCCC3)n2)nc1Cl. The molecule has 2 aromatic rings. The predicted octanol–water partition coefficient (Wildman–Crippen LogP) is 4.36. The van der Waals surface area contributed by atoms with Crippen LogP contribution in [0.1, 0.15) is 55.3 Å². The molecule has 0 bridgehead atoms. The van der Waals surface area contributed by atoms with E-state index in [0.29, 0.717) is 18.3 Å². The van der Waals surface area contributed by atoms with Gasteiger partial charge in [0.25, 0.3) is 0 Å². The third-order valence-electron chi connectivity index (χ3n) is 4.61. The maximum atomic E-state index is 11.0. The average molecular weight is 364 g/mol. The number of ether oxygens (including phenoxy) is 1. The summed E-state index contributed by atoms with van der Waals surface area (Å²) < 4.78 is 7.28. The molecule has 2 aromatic heterocycles. The van der Waals surface area contributed by atoms with E-state index in [1.165, 1.54) is 49.3 Å². The van der Waals surface area contributed by atoms with Crippen molar-refractivity contribution in [2.75, 3.05) is 6.61 Å². The molecule has 0 saturated heterocycles. The van der Waals surface area contributed by atoms with Crippen LogP contribution >= 0.6 is 11.6 Å². The van der Waals surface area contributed by atoms with Crippen molar-refractivity contribution in [3.05, 3.63) is 35.1 Å². The van der Waals surface area contributed by atoms with Crippen LogP contribution < -0.4 is 4.74 Å². The quantitative estimate of drug-likeness (QED) is 0.609. The van der Waals surface area contributed by atoms with Crippen LogP contribution in [-0.2, 0) is 0 Å². The van der Waals surface area contributed by atoms with Crippen LogP contribution in [0.2, 0.25) is 5.15 Å².